The van der Waals surface area contributed by atoms with E-state index >= 15 is 0 Å². The summed E-state index contributed by atoms with van der Waals surface area (Å²) in [6.07, 6.45) is 0.419. The Kier molecular flexibility index (Phi) is 7.24. The Labute approximate surface area is 100 Å². The molecule has 7 nitrogen and oxygen atoms in total. The fourth-order valence-corrected chi connectivity index (χ4v) is 1.25. The van der Waals surface area contributed by atoms with Crippen LogP contribution in [0.1, 0.15) is 20.3 Å². The Balaban J connectivity index is 4.45. The molecule has 0 aliphatic heterocycles. The molecule has 100 valence electrons. The molecule has 7 heteroatoms. The molecule has 0 aromatic carbocycles. The second-order valence-corrected chi connectivity index (χ2v) is 3.89. The predicted molar refractivity (Wildman–Crippen MR) is 60.6 cm³/mol. The van der Waals surface area contributed by atoms with Crippen molar-refractivity contribution in [1.29, 1.82) is 0 Å². The highest BCUT2D eigenvalue weighted by Gasteiger charge is 2.23. The average Bonchev–Trinajstić information content (AvgIpc) is 2.25. The lowest BCUT2D eigenvalue weighted by atomic mass is 10.3. The van der Waals surface area contributed by atoms with E-state index in [9.17, 15) is 9.59 Å². The van der Waals surface area contributed by atoms with Crippen molar-refractivity contribution in [2.75, 3.05) is 19.8 Å². The van der Waals surface area contributed by atoms with Crippen molar-refractivity contribution in [1.82, 2.24) is 10.2 Å². The van der Waals surface area contributed by atoms with E-state index in [1.165, 1.54) is 4.90 Å². The maximum atomic E-state index is 11.7. The van der Waals surface area contributed by atoms with E-state index in [0.717, 1.165) is 0 Å². The number of amides is 2. The Morgan fingerprint density at radius 3 is 2.24 bits per heavy atom. The number of urea groups is 1. The summed E-state index contributed by atoms with van der Waals surface area (Å²) in [4.78, 5) is 23.8. The van der Waals surface area contributed by atoms with Gasteiger partial charge in [0.25, 0.3) is 0 Å². The maximum Gasteiger partial charge on any atom is 0.328 e. The number of rotatable bonds is 7. The third kappa shape index (κ3) is 5.50. The van der Waals surface area contributed by atoms with Gasteiger partial charge in [-0.25, -0.2) is 9.59 Å². The monoisotopic (exact) mass is 248 g/mol. The SMILES string of the molecule is CC(C)N(CCCO)C(=O)N[C@@H](CO)C(=O)O. The first-order valence-electron chi connectivity index (χ1n) is 5.45. The minimum Gasteiger partial charge on any atom is -0.480 e. The highest BCUT2D eigenvalue weighted by atomic mass is 16.4. The van der Waals surface area contributed by atoms with Crippen LogP contribution in [0.25, 0.3) is 0 Å². The standard InChI is InChI=1S/C10H20N2O5/c1-7(2)12(4-3-5-13)10(17)11-8(6-14)9(15)16/h7-8,13-14H,3-6H2,1-2H3,(H,11,17)(H,15,16)/t8-/m0/s1. The molecule has 4 N–H and O–H groups in total. The highest BCUT2D eigenvalue weighted by Crippen LogP contribution is 2.01. The molecule has 0 aliphatic carbocycles. The minimum atomic E-state index is -1.31. The summed E-state index contributed by atoms with van der Waals surface area (Å²) in [5, 5.41) is 28.4. The first-order chi connectivity index (χ1) is 7.93. The number of nitrogens with zero attached hydrogens (tertiary/aromatic N) is 1. The predicted octanol–water partition coefficient (Wildman–Crippen LogP) is -0.766. The van der Waals surface area contributed by atoms with Crippen molar-refractivity contribution in [3.63, 3.8) is 0 Å². The van der Waals surface area contributed by atoms with Crippen LogP contribution in [0.4, 0.5) is 4.79 Å². The van der Waals surface area contributed by atoms with Crippen molar-refractivity contribution in [2.45, 2.75) is 32.4 Å². The van der Waals surface area contributed by atoms with E-state index in [2.05, 4.69) is 5.32 Å². The number of aliphatic hydroxyl groups excluding tert-OH is 2. The molecule has 0 unspecified atom stereocenters. The van der Waals surface area contributed by atoms with Crippen LogP contribution in [0.5, 0.6) is 0 Å². The van der Waals surface area contributed by atoms with Gasteiger partial charge in [-0.05, 0) is 20.3 Å². The molecule has 1 atom stereocenters. The molecule has 0 aromatic rings. The van der Waals surface area contributed by atoms with Crippen LogP contribution >= 0.6 is 0 Å². The summed E-state index contributed by atoms with van der Waals surface area (Å²) in [5.41, 5.74) is 0. The van der Waals surface area contributed by atoms with Crippen LogP contribution < -0.4 is 5.32 Å². The molecule has 0 rings (SSSR count). The Bertz CT molecular complexity index is 257. The van der Waals surface area contributed by atoms with Crippen LogP contribution in [0.3, 0.4) is 0 Å². The molecule has 0 aliphatic rings. The van der Waals surface area contributed by atoms with Gasteiger partial charge >= 0.3 is 12.0 Å². The van der Waals surface area contributed by atoms with Gasteiger partial charge in [-0.1, -0.05) is 0 Å². The van der Waals surface area contributed by atoms with E-state index in [0.29, 0.717) is 13.0 Å². The summed E-state index contributed by atoms with van der Waals surface area (Å²) in [7, 11) is 0. The van der Waals surface area contributed by atoms with Crippen molar-refractivity contribution < 1.29 is 24.9 Å². The molecular weight excluding hydrogens is 228 g/mol. The zero-order valence-electron chi connectivity index (χ0n) is 10.1. The van der Waals surface area contributed by atoms with E-state index in [-0.39, 0.29) is 12.6 Å². The van der Waals surface area contributed by atoms with Crippen molar-refractivity contribution in [2.24, 2.45) is 0 Å². The molecule has 17 heavy (non-hydrogen) atoms. The Morgan fingerprint density at radius 1 is 1.29 bits per heavy atom. The first kappa shape index (κ1) is 15.7. The summed E-state index contributed by atoms with van der Waals surface area (Å²) in [6.45, 7) is 3.20. The Hall–Kier alpha value is -1.34. The van der Waals surface area contributed by atoms with Gasteiger partial charge in [0.05, 0.1) is 6.61 Å². The summed E-state index contributed by atoms with van der Waals surface area (Å²) >= 11 is 0. The fourth-order valence-electron chi connectivity index (χ4n) is 1.25. The lowest BCUT2D eigenvalue weighted by Crippen LogP contribution is -2.51. The third-order valence-corrected chi connectivity index (χ3v) is 2.22. The van der Waals surface area contributed by atoms with E-state index in [1.54, 1.807) is 13.8 Å². The van der Waals surface area contributed by atoms with Crippen molar-refractivity contribution >= 4 is 12.0 Å². The summed E-state index contributed by atoms with van der Waals surface area (Å²) in [5.74, 6) is -1.29. The number of hydrogen-bond donors (Lipinski definition) is 4. The quantitative estimate of drug-likeness (QED) is 0.473. The van der Waals surface area contributed by atoms with Gasteiger partial charge in [0, 0.05) is 19.2 Å². The van der Waals surface area contributed by atoms with Gasteiger partial charge < -0.3 is 25.5 Å². The van der Waals surface area contributed by atoms with Gasteiger partial charge in [0.1, 0.15) is 0 Å². The van der Waals surface area contributed by atoms with Crippen LogP contribution in [0, 0.1) is 0 Å². The zero-order chi connectivity index (χ0) is 13.4. The number of aliphatic carboxylic acids is 1. The van der Waals surface area contributed by atoms with E-state index < -0.39 is 24.6 Å². The number of carbonyl (C=O) groups is 2. The number of carboxylic acids is 1. The molecule has 0 fully saturated rings. The van der Waals surface area contributed by atoms with Crippen molar-refractivity contribution in [3.8, 4) is 0 Å². The normalized spacial score (nSPS) is 12.3. The topological polar surface area (TPSA) is 110 Å². The molecule has 0 aromatic heterocycles. The second-order valence-electron chi connectivity index (χ2n) is 3.89. The van der Waals surface area contributed by atoms with E-state index in [1.807, 2.05) is 0 Å². The van der Waals surface area contributed by atoms with Gasteiger partial charge in [-0.3, -0.25) is 0 Å². The molecule has 2 amide bonds. The largest absolute Gasteiger partial charge is 0.480 e. The van der Waals surface area contributed by atoms with Crippen molar-refractivity contribution in [3.05, 3.63) is 0 Å². The van der Waals surface area contributed by atoms with Crippen LogP contribution in [0.15, 0.2) is 0 Å². The molecule has 0 heterocycles. The number of nitrogens with one attached hydrogen (secondary N) is 1. The van der Waals surface area contributed by atoms with Gasteiger partial charge in [-0.2, -0.15) is 0 Å². The smallest absolute Gasteiger partial charge is 0.328 e. The van der Waals surface area contributed by atoms with Crippen LogP contribution in [-0.2, 0) is 4.79 Å². The molecule has 0 saturated heterocycles. The lowest BCUT2D eigenvalue weighted by molar-refractivity contribution is -0.140. The van der Waals surface area contributed by atoms with E-state index in [4.69, 9.17) is 15.3 Å². The van der Waals surface area contributed by atoms with Gasteiger partial charge in [-0.15, -0.1) is 0 Å². The van der Waals surface area contributed by atoms with Gasteiger partial charge in [0.15, 0.2) is 6.04 Å². The second kappa shape index (κ2) is 7.86. The van der Waals surface area contributed by atoms with Gasteiger partial charge in [0.2, 0.25) is 0 Å². The van der Waals surface area contributed by atoms with Crippen LogP contribution in [-0.4, -0.2) is 64.1 Å². The Morgan fingerprint density at radius 2 is 1.88 bits per heavy atom. The average molecular weight is 248 g/mol. The lowest BCUT2D eigenvalue weighted by Gasteiger charge is -2.28. The number of hydrogen-bond acceptors (Lipinski definition) is 4. The number of aliphatic hydroxyl groups is 2. The molecular formula is C10H20N2O5. The highest BCUT2D eigenvalue weighted by molar-refractivity contribution is 5.82. The third-order valence-electron chi connectivity index (χ3n) is 2.22. The number of carbonyl (C=O) groups excluding carboxylic acids is 1. The zero-order valence-corrected chi connectivity index (χ0v) is 10.1. The fraction of sp³-hybridized carbons (Fsp3) is 0.800. The van der Waals surface area contributed by atoms with Crippen LogP contribution in [0.2, 0.25) is 0 Å². The molecule has 0 saturated carbocycles. The first-order valence-corrected chi connectivity index (χ1v) is 5.45. The minimum absolute atomic E-state index is 0.0428. The summed E-state index contributed by atoms with van der Waals surface area (Å²) in [6, 6.07) is -1.98. The molecule has 0 spiro atoms. The summed E-state index contributed by atoms with van der Waals surface area (Å²) < 4.78 is 0. The molecule has 0 radical (unpaired) electrons. The molecule has 0 bridgehead atoms. The maximum absolute atomic E-state index is 11.7. The number of carboxylic acid groups (broad SMARTS) is 1.